The maximum absolute atomic E-state index is 12.6. The van der Waals surface area contributed by atoms with Gasteiger partial charge in [0.25, 0.3) is 0 Å². The minimum Gasteiger partial charge on any atom is -0.480 e. The van der Waals surface area contributed by atoms with Gasteiger partial charge in [-0.1, -0.05) is 48.5 Å². The van der Waals surface area contributed by atoms with Gasteiger partial charge in [-0.05, 0) is 47.9 Å². The van der Waals surface area contributed by atoms with E-state index in [0.29, 0.717) is 25.7 Å². The van der Waals surface area contributed by atoms with Crippen molar-refractivity contribution < 1.29 is 33.0 Å². The van der Waals surface area contributed by atoms with Crippen molar-refractivity contribution in [2.75, 3.05) is 6.61 Å². The van der Waals surface area contributed by atoms with Crippen LogP contribution in [0.1, 0.15) is 49.1 Å². The Morgan fingerprint density at radius 1 is 0.943 bits per heavy atom. The number of alkyl carbamates (subject to hydrolysis) is 1. The van der Waals surface area contributed by atoms with Crippen LogP contribution in [-0.2, 0) is 14.3 Å². The molecule has 2 amide bonds. The molecule has 1 fully saturated rings. The SMILES string of the molecule is O=C(NC1CCC(C(=O)NC(CC(F)F)C(=O)O)CC1)OCC1c2ccccc2-c2ccccc21. The Bertz CT molecular complexity index is 1040. The topological polar surface area (TPSA) is 105 Å². The molecule has 4 rings (SSSR count). The summed E-state index contributed by atoms with van der Waals surface area (Å²) in [5, 5.41) is 14.1. The summed E-state index contributed by atoms with van der Waals surface area (Å²) in [6, 6.07) is 14.4. The largest absolute Gasteiger partial charge is 0.480 e. The van der Waals surface area contributed by atoms with Gasteiger partial charge in [0, 0.05) is 24.3 Å². The maximum atomic E-state index is 12.6. The van der Waals surface area contributed by atoms with Crippen LogP contribution in [0.5, 0.6) is 0 Å². The number of fused-ring (bicyclic) bond motifs is 3. The van der Waals surface area contributed by atoms with Crippen LogP contribution < -0.4 is 10.6 Å². The van der Waals surface area contributed by atoms with E-state index in [1.807, 2.05) is 36.4 Å². The molecule has 1 atom stereocenters. The molecule has 2 aliphatic rings. The summed E-state index contributed by atoms with van der Waals surface area (Å²) in [5.74, 6) is -2.54. The van der Waals surface area contributed by atoms with Crippen molar-refractivity contribution in [3.8, 4) is 11.1 Å². The molecule has 9 heteroatoms. The first-order valence-corrected chi connectivity index (χ1v) is 11.8. The average Bonchev–Trinajstić information content (AvgIpc) is 3.16. The number of alkyl halides is 2. The number of carboxylic acid groups (broad SMARTS) is 1. The Balaban J connectivity index is 1.25. The normalized spacial score (nSPS) is 20.0. The number of ether oxygens (including phenoxy) is 1. The first-order chi connectivity index (χ1) is 16.8. The Morgan fingerprint density at radius 3 is 2.06 bits per heavy atom. The number of halogens is 2. The van der Waals surface area contributed by atoms with E-state index in [9.17, 15) is 23.2 Å². The van der Waals surface area contributed by atoms with Crippen molar-refractivity contribution >= 4 is 18.0 Å². The highest BCUT2D eigenvalue weighted by Gasteiger charge is 2.32. The van der Waals surface area contributed by atoms with Crippen molar-refractivity contribution in [3.05, 3.63) is 59.7 Å². The van der Waals surface area contributed by atoms with Gasteiger partial charge in [0.2, 0.25) is 12.3 Å². The highest BCUT2D eigenvalue weighted by atomic mass is 19.3. The zero-order valence-electron chi connectivity index (χ0n) is 19.1. The molecular weight excluding hydrogens is 458 g/mol. The Labute approximate surface area is 201 Å². The van der Waals surface area contributed by atoms with Crippen molar-refractivity contribution in [3.63, 3.8) is 0 Å². The molecular formula is C26H28F2N2O5. The molecule has 0 spiro atoms. The van der Waals surface area contributed by atoms with E-state index >= 15 is 0 Å². The summed E-state index contributed by atoms with van der Waals surface area (Å²) >= 11 is 0. The zero-order valence-corrected chi connectivity index (χ0v) is 19.1. The molecule has 186 valence electrons. The van der Waals surface area contributed by atoms with E-state index in [1.54, 1.807) is 0 Å². The van der Waals surface area contributed by atoms with E-state index in [1.165, 1.54) is 0 Å². The van der Waals surface area contributed by atoms with Crippen LogP contribution in [0.4, 0.5) is 13.6 Å². The van der Waals surface area contributed by atoms with Crippen LogP contribution in [0.25, 0.3) is 11.1 Å². The molecule has 0 saturated heterocycles. The van der Waals surface area contributed by atoms with E-state index in [-0.39, 0.29) is 18.6 Å². The van der Waals surface area contributed by atoms with Gasteiger partial charge < -0.3 is 20.5 Å². The number of amides is 2. The fraction of sp³-hybridized carbons (Fsp3) is 0.423. The quantitative estimate of drug-likeness (QED) is 0.516. The van der Waals surface area contributed by atoms with Crippen LogP contribution in [0.15, 0.2) is 48.5 Å². The average molecular weight is 487 g/mol. The zero-order chi connectivity index (χ0) is 24.9. The lowest BCUT2D eigenvalue weighted by atomic mass is 9.85. The molecule has 0 heterocycles. The van der Waals surface area contributed by atoms with Crippen LogP contribution in [0.2, 0.25) is 0 Å². The number of carbonyl (C=O) groups excluding carboxylic acids is 2. The molecule has 1 unspecified atom stereocenters. The van der Waals surface area contributed by atoms with E-state index < -0.39 is 42.8 Å². The monoisotopic (exact) mass is 486 g/mol. The minimum atomic E-state index is -2.83. The highest BCUT2D eigenvalue weighted by molar-refractivity contribution is 5.85. The van der Waals surface area contributed by atoms with Crippen LogP contribution in [0.3, 0.4) is 0 Å². The Kier molecular flexibility index (Phi) is 7.63. The molecule has 2 aromatic carbocycles. The number of carbonyl (C=O) groups is 3. The van der Waals surface area contributed by atoms with Gasteiger partial charge in [0.05, 0.1) is 0 Å². The van der Waals surface area contributed by atoms with Crippen LogP contribution >= 0.6 is 0 Å². The van der Waals surface area contributed by atoms with Gasteiger partial charge in [0.15, 0.2) is 0 Å². The van der Waals surface area contributed by atoms with Crippen molar-refractivity contribution in [2.45, 2.75) is 56.5 Å². The first-order valence-electron chi connectivity index (χ1n) is 11.8. The van der Waals surface area contributed by atoms with Crippen molar-refractivity contribution in [1.82, 2.24) is 10.6 Å². The number of hydrogen-bond donors (Lipinski definition) is 3. The lowest BCUT2D eigenvalue weighted by Crippen LogP contribution is -2.46. The minimum absolute atomic E-state index is 0.0389. The number of aliphatic carboxylic acids is 1. The number of hydrogen-bond acceptors (Lipinski definition) is 4. The second-order valence-corrected chi connectivity index (χ2v) is 9.04. The third kappa shape index (κ3) is 5.78. The molecule has 1 saturated carbocycles. The smallest absolute Gasteiger partial charge is 0.407 e. The van der Waals surface area contributed by atoms with Gasteiger partial charge in [-0.15, -0.1) is 0 Å². The van der Waals surface area contributed by atoms with E-state index in [4.69, 9.17) is 9.84 Å². The fourth-order valence-electron chi connectivity index (χ4n) is 5.00. The van der Waals surface area contributed by atoms with Gasteiger partial charge >= 0.3 is 12.1 Å². The van der Waals surface area contributed by atoms with E-state index in [2.05, 4.69) is 22.8 Å². The number of rotatable bonds is 8. The molecule has 7 nitrogen and oxygen atoms in total. The lowest BCUT2D eigenvalue weighted by Gasteiger charge is -2.29. The summed E-state index contributed by atoms with van der Waals surface area (Å²) in [6.45, 7) is 0.207. The van der Waals surface area contributed by atoms with Crippen molar-refractivity contribution in [1.29, 1.82) is 0 Å². The Hall–Kier alpha value is -3.49. The molecule has 3 N–H and O–H groups in total. The predicted molar refractivity (Wildman–Crippen MR) is 124 cm³/mol. The second-order valence-electron chi connectivity index (χ2n) is 9.04. The van der Waals surface area contributed by atoms with Crippen molar-refractivity contribution in [2.24, 2.45) is 5.92 Å². The van der Waals surface area contributed by atoms with Crippen LogP contribution in [0, 0.1) is 5.92 Å². The highest BCUT2D eigenvalue weighted by Crippen LogP contribution is 2.44. The Morgan fingerprint density at radius 2 is 1.51 bits per heavy atom. The number of benzene rings is 2. The summed E-state index contributed by atoms with van der Waals surface area (Å²) in [7, 11) is 0. The van der Waals surface area contributed by atoms with E-state index in [0.717, 1.165) is 22.3 Å². The molecule has 2 aliphatic carbocycles. The number of nitrogens with one attached hydrogen (secondary N) is 2. The molecule has 2 aromatic rings. The standard InChI is InChI=1S/C26H28F2N2O5/c27-23(28)13-22(25(32)33)30-24(31)15-9-11-16(12-10-15)29-26(34)35-14-21-19-7-3-1-5-17(19)18-6-2-4-8-20(18)21/h1-8,15-16,21-23H,9-14H2,(H,29,34)(H,30,31)(H,32,33). The van der Waals surface area contributed by atoms with Gasteiger partial charge in [-0.2, -0.15) is 0 Å². The summed E-state index contributed by atoms with van der Waals surface area (Å²) < 4.78 is 30.7. The third-order valence-electron chi connectivity index (χ3n) is 6.79. The predicted octanol–water partition coefficient (Wildman–Crippen LogP) is 4.31. The molecule has 0 aromatic heterocycles. The van der Waals surface area contributed by atoms with Gasteiger partial charge in [0.1, 0.15) is 12.6 Å². The number of carboxylic acids is 1. The van der Waals surface area contributed by atoms with Gasteiger partial charge in [-0.25, -0.2) is 18.4 Å². The summed E-state index contributed by atoms with van der Waals surface area (Å²) in [4.78, 5) is 35.9. The van der Waals surface area contributed by atoms with Gasteiger partial charge in [-0.3, -0.25) is 4.79 Å². The van der Waals surface area contributed by atoms with Crippen LogP contribution in [-0.4, -0.2) is 48.2 Å². The lowest BCUT2D eigenvalue weighted by molar-refractivity contribution is -0.143. The molecule has 0 aliphatic heterocycles. The maximum Gasteiger partial charge on any atom is 0.407 e. The molecule has 0 bridgehead atoms. The molecule has 35 heavy (non-hydrogen) atoms. The fourth-order valence-corrected chi connectivity index (χ4v) is 5.00. The summed E-state index contributed by atoms with van der Waals surface area (Å²) in [6.07, 6.45) is -2.43. The molecule has 0 radical (unpaired) electrons. The third-order valence-corrected chi connectivity index (χ3v) is 6.79. The second kappa shape index (κ2) is 10.8. The first kappa shape index (κ1) is 24.6. The summed E-state index contributed by atoms with van der Waals surface area (Å²) in [5.41, 5.74) is 4.54.